The molecule has 0 aromatic rings. The highest BCUT2D eigenvalue weighted by Gasteiger charge is 2.43. The van der Waals surface area contributed by atoms with Crippen LogP contribution in [0.3, 0.4) is 0 Å². The SMILES string of the molecule is CC1C(=O)N(C2CC2)CC1CO. The van der Waals surface area contributed by atoms with Gasteiger partial charge in [0.15, 0.2) is 0 Å². The Labute approximate surface area is 72.4 Å². The van der Waals surface area contributed by atoms with Crippen molar-refractivity contribution in [2.75, 3.05) is 13.2 Å². The van der Waals surface area contributed by atoms with Crippen LogP contribution in [0.1, 0.15) is 19.8 Å². The fourth-order valence-electron chi connectivity index (χ4n) is 1.90. The summed E-state index contributed by atoms with van der Waals surface area (Å²) in [6, 6.07) is 0.511. The summed E-state index contributed by atoms with van der Waals surface area (Å²) in [5, 5.41) is 9.00. The number of likely N-dealkylation sites (tertiary alicyclic amines) is 1. The van der Waals surface area contributed by atoms with Gasteiger partial charge in [0.2, 0.25) is 5.91 Å². The Morgan fingerprint density at radius 3 is 2.67 bits per heavy atom. The second-order valence-electron chi connectivity index (χ2n) is 3.95. The highest BCUT2D eigenvalue weighted by atomic mass is 16.3. The van der Waals surface area contributed by atoms with Crippen molar-refractivity contribution in [3.63, 3.8) is 0 Å². The Hall–Kier alpha value is -0.570. The van der Waals surface area contributed by atoms with Crippen LogP contribution in [-0.2, 0) is 4.79 Å². The van der Waals surface area contributed by atoms with Crippen LogP contribution in [0, 0.1) is 11.8 Å². The second-order valence-corrected chi connectivity index (χ2v) is 3.95. The van der Waals surface area contributed by atoms with Crippen molar-refractivity contribution in [1.82, 2.24) is 4.90 Å². The number of rotatable bonds is 2. The van der Waals surface area contributed by atoms with Gasteiger partial charge in [0, 0.05) is 31.0 Å². The molecule has 1 N–H and O–H groups in total. The Kier molecular flexibility index (Phi) is 1.83. The van der Waals surface area contributed by atoms with Gasteiger partial charge in [-0.1, -0.05) is 6.92 Å². The standard InChI is InChI=1S/C9H15NO2/c1-6-7(5-11)4-10(9(6)12)8-2-3-8/h6-8,11H,2-5H2,1H3. The fourth-order valence-corrected chi connectivity index (χ4v) is 1.90. The third-order valence-corrected chi connectivity index (χ3v) is 3.03. The molecule has 3 heteroatoms. The maximum absolute atomic E-state index is 11.6. The molecule has 1 amide bonds. The third-order valence-electron chi connectivity index (χ3n) is 3.03. The number of amides is 1. The van der Waals surface area contributed by atoms with Crippen molar-refractivity contribution < 1.29 is 9.90 Å². The van der Waals surface area contributed by atoms with Crippen LogP contribution >= 0.6 is 0 Å². The van der Waals surface area contributed by atoms with E-state index in [2.05, 4.69) is 0 Å². The van der Waals surface area contributed by atoms with Crippen LogP contribution < -0.4 is 0 Å². The van der Waals surface area contributed by atoms with Crippen LogP contribution in [0.25, 0.3) is 0 Å². The lowest BCUT2D eigenvalue weighted by Crippen LogP contribution is -2.28. The van der Waals surface area contributed by atoms with Crippen molar-refractivity contribution >= 4 is 5.91 Å². The highest BCUT2D eigenvalue weighted by molar-refractivity contribution is 5.81. The van der Waals surface area contributed by atoms with Crippen molar-refractivity contribution in [2.45, 2.75) is 25.8 Å². The zero-order valence-electron chi connectivity index (χ0n) is 7.36. The van der Waals surface area contributed by atoms with Crippen molar-refractivity contribution in [3.8, 4) is 0 Å². The zero-order valence-corrected chi connectivity index (χ0v) is 7.36. The number of carbonyl (C=O) groups is 1. The van der Waals surface area contributed by atoms with Gasteiger partial charge < -0.3 is 10.0 Å². The summed E-state index contributed by atoms with van der Waals surface area (Å²) >= 11 is 0. The predicted molar refractivity (Wildman–Crippen MR) is 44.5 cm³/mol. The lowest BCUT2D eigenvalue weighted by Gasteiger charge is -2.14. The number of aliphatic hydroxyl groups is 1. The molecule has 0 bridgehead atoms. The van der Waals surface area contributed by atoms with Gasteiger partial charge in [-0.05, 0) is 12.8 Å². The van der Waals surface area contributed by atoms with Crippen molar-refractivity contribution in [2.24, 2.45) is 11.8 Å². The van der Waals surface area contributed by atoms with Gasteiger partial charge in [0.25, 0.3) is 0 Å². The van der Waals surface area contributed by atoms with E-state index in [-0.39, 0.29) is 24.3 Å². The van der Waals surface area contributed by atoms with Crippen molar-refractivity contribution in [1.29, 1.82) is 0 Å². The topological polar surface area (TPSA) is 40.5 Å². The average Bonchev–Trinajstić information content (AvgIpc) is 2.84. The summed E-state index contributed by atoms with van der Waals surface area (Å²) in [6.07, 6.45) is 2.33. The highest BCUT2D eigenvalue weighted by Crippen LogP contribution is 2.34. The molecule has 1 saturated carbocycles. The summed E-state index contributed by atoms with van der Waals surface area (Å²) in [6.45, 7) is 2.85. The molecule has 1 heterocycles. The molecule has 3 nitrogen and oxygen atoms in total. The van der Waals surface area contributed by atoms with E-state index >= 15 is 0 Å². The van der Waals surface area contributed by atoms with E-state index in [4.69, 9.17) is 5.11 Å². The molecular formula is C9H15NO2. The van der Waals surface area contributed by atoms with Gasteiger partial charge in [-0.3, -0.25) is 4.79 Å². The van der Waals surface area contributed by atoms with Gasteiger partial charge in [0.05, 0.1) is 0 Å². The minimum atomic E-state index is 0.0376. The Morgan fingerprint density at radius 2 is 2.25 bits per heavy atom. The molecule has 2 aliphatic rings. The molecule has 2 fully saturated rings. The largest absolute Gasteiger partial charge is 0.396 e. The predicted octanol–water partition coefficient (Wildman–Crippen LogP) is 0.236. The van der Waals surface area contributed by atoms with Crippen LogP contribution in [0.4, 0.5) is 0 Å². The molecule has 0 aromatic heterocycles. The molecule has 68 valence electrons. The van der Waals surface area contributed by atoms with Crippen LogP contribution in [0.5, 0.6) is 0 Å². The van der Waals surface area contributed by atoms with Crippen LogP contribution in [-0.4, -0.2) is 35.1 Å². The van der Waals surface area contributed by atoms with Crippen LogP contribution in [0.15, 0.2) is 0 Å². The molecule has 2 unspecified atom stereocenters. The third kappa shape index (κ3) is 1.12. The van der Waals surface area contributed by atoms with E-state index in [1.54, 1.807) is 0 Å². The maximum Gasteiger partial charge on any atom is 0.226 e. The maximum atomic E-state index is 11.6. The average molecular weight is 169 g/mol. The number of aliphatic hydroxyl groups excluding tert-OH is 1. The molecule has 0 radical (unpaired) electrons. The first-order valence-corrected chi connectivity index (χ1v) is 4.65. The van der Waals surface area contributed by atoms with E-state index in [9.17, 15) is 4.79 Å². The number of carbonyl (C=O) groups excluding carboxylic acids is 1. The Bertz CT molecular complexity index is 201. The fraction of sp³-hybridized carbons (Fsp3) is 0.889. The summed E-state index contributed by atoms with van der Waals surface area (Å²) in [5.74, 6) is 0.463. The van der Waals surface area contributed by atoms with E-state index in [1.165, 1.54) is 0 Å². The molecule has 0 spiro atoms. The van der Waals surface area contributed by atoms with Gasteiger partial charge in [-0.15, -0.1) is 0 Å². The summed E-state index contributed by atoms with van der Waals surface area (Å²) in [4.78, 5) is 13.5. The van der Waals surface area contributed by atoms with E-state index in [1.807, 2.05) is 11.8 Å². The summed E-state index contributed by atoms with van der Waals surface area (Å²) < 4.78 is 0. The number of nitrogens with zero attached hydrogens (tertiary/aromatic N) is 1. The molecular weight excluding hydrogens is 154 g/mol. The molecule has 2 rings (SSSR count). The molecule has 1 aliphatic heterocycles. The van der Waals surface area contributed by atoms with Gasteiger partial charge >= 0.3 is 0 Å². The first-order chi connectivity index (χ1) is 5.74. The van der Waals surface area contributed by atoms with Crippen LogP contribution in [0.2, 0.25) is 0 Å². The molecule has 12 heavy (non-hydrogen) atoms. The van der Waals surface area contributed by atoms with Gasteiger partial charge in [-0.2, -0.15) is 0 Å². The van der Waals surface area contributed by atoms with E-state index in [0.29, 0.717) is 6.04 Å². The lowest BCUT2D eigenvalue weighted by atomic mass is 9.99. The Balaban J connectivity index is 2.05. The van der Waals surface area contributed by atoms with E-state index in [0.717, 1.165) is 19.4 Å². The monoisotopic (exact) mass is 169 g/mol. The minimum absolute atomic E-state index is 0.0376. The van der Waals surface area contributed by atoms with Gasteiger partial charge in [0.1, 0.15) is 0 Å². The first-order valence-electron chi connectivity index (χ1n) is 4.65. The molecule has 2 atom stereocenters. The molecule has 1 aliphatic carbocycles. The number of hydrogen-bond acceptors (Lipinski definition) is 2. The normalized spacial score (nSPS) is 36.2. The van der Waals surface area contributed by atoms with Crippen molar-refractivity contribution in [3.05, 3.63) is 0 Å². The zero-order chi connectivity index (χ0) is 8.72. The first kappa shape index (κ1) is 8.05. The lowest BCUT2D eigenvalue weighted by molar-refractivity contribution is -0.131. The smallest absolute Gasteiger partial charge is 0.226 e. The second kappa shape index (κ2) is 2.73. The van der Waals surface area contributed by atoms with E-state index < -0.39 is 0 Å². The minimum Gasteiger partial charge on any atom is -0.396 e. The Morgan fingerprint density at radius 1 is 1.58 bits per heavy atom. The summed E-state index contributed by atoms with van der Waals surface area (Å²) in [5.41, 5.74) is 0. The molecule has 1 saturated heterocycles. The summed E-state index contributed by atoms with van der Waals surface area (Å²) in [7, 11) is 0. The quantitative estimate of drug-likeness (QED) is 0.643. The van der Waals surface area contributed by atoms with Gasteiger partial charge in [-0.25, -0.2) is 0 Å². The number of hydrogen-bond donors (Lipinski definition) is 1. The molecule has 0 aromatic carbocycles.